The largest absolute Gasteiger partial charge is 0.465 e. The molecule has 1 heterocycles. The van der Waals surface area contributed by atoms with Gasteiger partial charge in [0.1, 0.15) is 16.5 Å². The number of furan rings is 1. The van der Waals surface area contributed by atoms with Crippen LogP contribution in [0.2, 0.25) is 0 Å². The Labute approximate surface area is 114 Å². The predicted molar refractivity (Wildman–Crippen MR) is 73.0 cm³/mol. The fourth-order valence-electron chi connectivity index (χ4n) is 1.64. The average molecular weight is 282 g/mol. The molecule has 0 aliphatic carbocycles. The van der Waals surface area contributed by atoms with E-state index in [0.29, 0.717) is 5.76 Å². The number of aryl methyl sites for hydroxylation is 1. The van der Waals surface area contributed by atoms with Crippen LogP contribution in [0.1, 0.15) is 17.1 Å². The van der Waals surface area contributed by atoms with Crippen molar-refractivity contribution in [3.05, 3.63) is 53.0 Å². The van der Waals surface area contributed by atoms with Crippen molar-refractivity contribution in [2.45, 2.75) is 13.5 Å². The Balaban J connectivity index is 2.17. The molecule has 6 heteroatoms. The molecule has 0 fully saturated rings. The van der Waals surface area contributed by atoms with Crippen LogP contribution in [0.3, 0.4) is 0 Å². The van der Waals surface area contributed by atoms with Crippen LogP contribution in [0.5, 0.6) is 0 Å². The lowest BCUT2D eigenvalue weighted by atomic mass is 10.1. The van der Waals surface area contributed by atoms with E-state index in [1.165, 1.54) is 12.1 Å². The lowest BCUT2D eigenvalue weighted by Crippen LogP contribution is -2.13. The molecule has 2 aromatic rings. The summed E-state index contributed by atoms with van der Waals surface area (Å²) < 4.78 is 32.7. The zero-order valence-electron chi connectivity index (χ0n) is 10.2. The highest BCUT2D eigenvalue weighted by atomic mass is 32.1. The van der Waals surface area contributed by atoms with Crippen molar-refractivity contribution in [1.82, 2.24) is 0 Å². The molecule has 100 valence electrons. The molecule has 1 aromatic carbocycles. The lowest BCUT2D eigenvalue weighted by molar-refractivity contribution is 0.487. The molecule has 3 nitrogen and oxygen atoms in total. The Kier molecular flexibility index (Phi) is 3.80. The molecule has 19 heavy (non-hydrogen) atoms. The fraction of sp³-hybridized carbons (Fsp3) is 0.154. The number of benzene rings is 1. The molecule has 1 aromatic heterocycles. The van der Waals surface area contributed by atoms with E-state index in [0.717, 1.165) is 5.76 Å². The van der Waals surface area contributed by atoms with Crippen molar-refractivity contribution in [1.29, 1.82) is 0 Å². The number of hydrogen-bond donors (Lipinski definition) is 2. The minimum atomic E-state index is -1.05. The first-order chi connectivity index (χ1) is 8.99. The molecule has 0 atom stereocenters. The van der Waals surface area contributed by atoms with Gasteiger partial charge < -0.3 is 15.5 Å². The summed E-state index contributed by atoms with van der Waals surface area (Å²) in [5.74, 6) is -0.662. The van der Waals surface area contributed by atoms with Gasteiger partial charge in [0.25, 0.3) is 0 Å². The molecular formula is C13H12F2N2OS. The van der Waals surface area contributed by atoms with Gasteiger partial charge in [0, 0.05) is 5.56 Å². The number of nitrogens with one attached hydrogen (secondary N) is 1. The first kappa shape index (κ1) is 13.5. The van der Waals surface area contributed by atoms with Crippen LogP contribution in [0.4, 0.5) is 14.5 Å². The van der Waals surface area contributed by atoms with Gasteiger partial charge in [0.2, 0.25) is 0 Å². The van der Waals surface area contributed by atoms with E-state index in [-0.39, 0.29) is 22.8 Å². The molecule has 0 aliphatic heterocycles. The van der Waals surface area contributed by atoms with Crippen LogP contribution >= 0.6 is 12.2 Å². The minimum absolute atomic E-state index is 0.0338. The molecule has 2 rings (SSSR count). The average Bonchev–Trinajstić information content (AvgIpc) is 2.76. The predicted octanol–water partition coefficient (Wildman–Crippen LogP) is 3.11. The monoisotopic (exact) mass is 282 g/mol. The first-order valence-corrected chi connectivity index (χ1v) is 5.97. The number of halogens is 2. The van der Waals surface area contributed by atoms with Gasteiger partial charge in [-0.2, -0.15) is 0 Å². The normalized spacial score (nSPS) is 10.5. The SMILES string of the molecule is Cc1ccc(CNc2ccc(C(N)=S)c(F)c2F)o1. The summed E-state index contributed by atoms with van der Waals surface area (Å²) in [6.45, 7) is 2.07. The summed E-state index contributed by atoms with van der Waals surface area (Å²) in [6.07, 6.45) is 0. The second kappa shape index (κ2) is 5.36. The van der Waals surface area contributed by atoms with E-state index >= 15 is 0 Å². The van der Waals surface area contributed by atoms with Crippen LogP contribution in [-0.2, 0) is 6.54 Å². The van der Waals surface area contributed by atoms with Gasteiger partial charge in [-0.1, -0.05) is 12.2 Å². The van der Waals surface area contributed by atoms with E-state index in [1.807, 2.05) is 0 Å². The van der Waals surface area contributed by atoms with Crippen molar-refractivity contribution in [3.8, 4) is 0 Å². The highest BCUT2D eigenvalue weighted by Gasteiger charge is 2.15. The van der Waals surface area contributed by atoms with Crippen LogP contribution in [-0.4, -0.2) is 4.99 Å². The van der Waals surface area contributed by atoms with Crippen molar-refractivity contribution in [3.63, 3.8) is 0 Å². The van der Waals surface area contributed by atoms with E-state index in [2.05, 4.69) is 17.5 Å². The van der Waals surface area contributed by atoms with E-state index in [4.69, 9.17) is 10.2 Å². The molecule has 0 saturated heterocycles. The molecule has 0 spiro atoms. The van der Waals surface area contributed by atoms with Crippen LogP contribution in [0.25, 0.3) is 0 Å². The number of thiocarbonyl (C=S) groups is 1. The minimum Gasteiger partial charge on any atom is -0.465 e. The molecule has 0 saturated carbocycles. The molecule has 0 unspecified atom stereocenters. The van der Waals surface area contributed by atoms with Crippen LogP contribution < -0.4 is 11.1 Å². The Morgan fingerprint density at radius 2 is 2.00 bits per heavy atom. The van der Waals surface area contributed by atoms with Crippen LogP contribution in [0.15, 0.2) is 28.7 Å². The van der Waals surface area contributed by atoms with Crippen molar-refractivity contribution >= 4 is 22.9 Å². The zero-order valence-corrected chi connectivity index (χ0v) is 11.0. The Hall–Kier alpha value is -1.95. The summed E-state index contributed by atoms with van der Waals surface area (Å²) in [4.78, 5) is -0.176. The lowest BCUT2D eigenvalue weighted by Gasteiger charge is -2.09. The molecular weight excluding hydrogens is 270 g/mol. The maximum Gasteiger partial charge on any atom is 0.182 e. The zero-order chi connectivity index (χ0) is 14.0. The second-order valence-corrected chi connectivity index (χ2v) is 4.46. The summed E-state index contributed by atoms with van der Waals surface area (Å²) in [7, 11) is 0. The molecule has 0 amide bonds. The van der Waals surface area contributed by atoms with Gasteiger partial charge >= 0.3 is 0 Å². The summed E-state index contributed by atoms with van der Waals surface area (Å²) >= 11 is 4.63. The third kappa shape index (κ3) is 2.90. The second-order valence-electron chi connectivity index (χ2n) is 4.02. The quantitative estimate of drug-likeness (QED) is 0.846. The molecule has 3 N–H and O–H groups in total. The van der Waals surface area contributed by atoms with Gasteiger partial charge in [-0.05, 0) is 31.2 Å². The Morgan fingerprint density at radius 3 is 2.58 bits per heavy atom. The highest BCUT2D eigenvalue weighted by molar-refractivity contribution is 7.80. The van der Waals surface area contributed by atoms with Gasteiger partial charge in [0.05, 0.1) is 12.2 Å². The number of anilines is 1. The highest BCUT2D eigenvalue weighted by Crippen LogP contribution is 2.21. The van der Waals surface area contributed by atoms with E-state index in [9.17, 15) is 8.78 Å². The summed E-state index contributed by atoms with van der Waals surface area (Å²) in [6, 6.07) is 6.29. The summed E-state index contributed by atoms with van der Waals surface area (Å²) in [5.41, 5.74) is 5.22. The van der Waals surface area contributed by atoms with Crippen molar-refractivity contribution in [2.75, 3.05) is 5.32 Å². The number of nitrogens with two attached hydrogens (primary N) is 1. The van der Waals surface area contributed by atoms with Crippen LogP contribution in [0, 0.1) is 18.6 Å². The van der Waals surface area contributed by atoms with Gasteiger partial charge in [0.15, 0.2) is 11.6 Å². The standard InChI is InChI=1S/C13H12F2N2OS/c1-7-2-3-8(18-7)6-17-10-5-4-9(13(16)19)11(14)12(10)15/h2-5,17H,6H2,1H3,(H2,16,19). The van der Waals surface area contributed by atoms with Gasteiger partial charge in [-0.15, -0.1) is 0 Å². The molecule has 0 bridgehead atoms. The molecule has 0 radical (unpaired) electrons. The van der Waals surface area contributed by atoms with Gasteiger partial charge in [-0.3, -0.25) is 0 Å². The fourth-order valence-corrected chi connectivity index (χ4v) is 1.80. The van der Waals surface area contributed by atoms with E-state index < -0.39 is 11.6 Å². The maximum atomic E-state index is 13.7. The first-order valence-electron chi connectivity index (χ1n) is 5.56. The topological polar surface area (TPSA) is 51.2 Å². The smallest absolute Gasteiger partial charge is 0.182 e. The summed E-state index contributed by atoms with van der Waals surface area (Å²) in [5, 5.41) is 2.76. The van der Waals surface area contributed by atoms with Crippen molar-refractivity contribution < 1.29 is 13.2 Å². The third-order valence-corrected chi connectivity index (χ3v) is 2.82. The Bertz CT molecular complexity index is 625. The number of rotatable bonds is 4. The van der Waals surface area contributed by atoms with Gasteiger partial charge in [-0.25, -0.2) is 8.78 Å². The number of hydrogen-bond acceptors (Lipinski definition) is 3. The van der Waals surface area contributed by atoms with E-state index in [1.54, 1.807) is 19.1 Å². The molecule has 0 aliphatic rings. The maximum absolute atomic E-state index is 13.7. The third-order valence-electron chi connectivity index (χ3n) is 2.60. The van der Waals surface area contributed by atoms with Crippen molar-refractivity contribution in [2.24, 2.45) is 5.73 Å². The Morgan fingerprint density at radius 1 is 1.26 bits per heavy atom.